The van der Waals surface area contributed by atoms with E-state index >= 15 is 0 Å². The van der Waals surface area contributed by atoms with Crippen LogP contribution in [0.4, 0.5) is 0 Å². The van der Waals surface area contributed by atoms with Crippen molar-refractivity contribution in [2.24, 2.45) is 11.8 Å². The van der Waals surface area contributed by atoms with Crippen molar-refractivity contribution in [2.75, 3.05) is 6.54 Å². The van der Waals surface area contributed by atoms with Crippen molar-refractivity contribution in [2.45, 2.75) is 19.8 Å². The largest absolute Gasteiger partial charge is 0.292 e. The molecule has 0 saturated carbocycles. The monoisotopic (exact) mass is 436 g/mol. The highest BCUT2D eigenvalue weighted by Crippen LogP contribution is 2.36. The Morgan fingerprint density at radius 3 is 2.13 bits per heavy atom. The predicted octanol–water partition coefficient (Wildman–Crippen LogP) is 3.84. The van der Waals surface area contributed by atoms with Gasteiger partial charge in [0.05, 0.1) is 22.4 Å². The molecule has 158 valence electrons. The molecule has 1 aliphatic heterocycles. The number of Topliss-reactive ketones (excluding diaryl/α,β-unsaturated/α-hetero) is 1. The molecule has 1 heterocycles. The third-order valence-electron chi connectivity index (χ3n) is 5.73. The molecule has 2 aromatic carbocycles. The van der Waals surface area contributed by atoms with Crippen LogP contribution in [0.2, 0.25) is 5.02 Å². The van der Waals surface area contributed by atoms with Gasteiger partial charge in [-0.25, -0.2) is 5.01 Å². The molecule has 0 spiro atoms. The standard InChI is InChI=1S/C24H21ClN2O4/c1-15-10-12-16(13-11-15)21(28)14-26(22(29)19-8-4-5-9-20(19)25)27-23(30)17-6-2-3-7-18(17)24(27)31/h2-5,8-13,17-18H,6-7,14H2,1H3/t17-,18-/m1/s1. The molecular weight excluding hydrogens is 416 g/mol. The van der Waals surface area contributed by atoms with E-state index in [1.54, 1.807) is 42.5 Å². The summed E-state index contributed by atoms with van der Waals surface area (Å²) in [5, 5.41) is 1.99. The fraction of sp³-hybridized carbons (Fsp3) is 0.250. The van der Waals surface area contributed by atoms with Gasteiger partial charge >= 0.3 is 0 Å². The van der Waals surface area contributed by atoms with Crippen molar-refractivity contribution in [3.63, 3.8) is 0 Å². The Morgan fingerprint density at radius 1 is 0.968 bits per heavy atom. The predicted molar refractivity (Wildman–Crippen MR) is 115 cm³/mol. The fourth-order valence-corrected chi connectivity index (χ4v) is 4.21. The lowest BCUT2D eigenvalue weighted by Gasteiger charge is -2.30. The first-order valence-corrected chi connectivity index (χ1v) is 10.4. The molecule has 31 heavy (non-hydrogen) atoms. The quantitative estimate of drug-likeness (QED) is 0.405. The van der Waals surface area contributed by atoms with E-state index in [-0.39, 0.29) is 16.4 Å². The highest BCUT2D eigenvalue weighted by molar-refractivity contribution is 6.34. The second-order valence-electron chi connectivity index (χ2n) is 7.78. The van der Waals surface area contributed by atoms with Gasteiger partial charge in [0, 0.05) is 5.56 Å². The second-order valence-corrected chi connectivity index (χ2v) is 8.18. The number of fused-ring (bicyclic) bond motifs is 1. The average Bonchev–Trinajstić information content (AvgIpc) is 3.03. The first-order valence-electron chi connectivity index (χ1n) is 10.1. The minimum Gasteiger partial charge on any atom is -0.292 e. The maximum atomic E-state index is 13.4. The first kappa shape index (κ1) is 21.0. The molecule has 0 bridgehead atoms. The fourth-order valence-electron chi connectivity index (χ4n) is 3.99. The number of aryl methyl sites for hydroxylation is 1. The molecule has 1 saturated heterocycles. The van der Waals surface area contributed by atoms with Crippen LogP contribution in [-0.4, -0.2) is 40.1 Å². The topological polar surface area (TPSA) is 74.8 Å². The van der Waals surface area contributed by atoms with Crippen molar-refractivity contribution >= 4 is 35.1 Å². The van der Waals surface area contributed by atoms with Crippen molar-refractivity contribution in [1.29, 1.82) is 0 Å². The minimum absolute atomic E-state index is 0.120. The zero-order chi connectivity index (χ0) is 22.1. The molecule has 2 aromatic rings. The summed E-state index contributed by atoms with van der Waals surface area (Å²) in [6, 6.07) is 13.3. The summed E-state index contributed by atoms with van der Waals surface area (Å²) in [4.78, 5) is 52.6. The van der Waals surface area contributed by atoms with Crippen molar-refractivity contribution in [3.05, 3.63) is 82.4 Å². The van der Waals surface area contributed by atoms with E-state index in [0.29, 0.717) is 18.4 Å². The van der Waals surface area contributed by atoms with Gasteiger partial charge in [-0.05, 0) is 31.9 Å². The Balaban J connectivity index is 1.70. The molecule has 7 heteroatoms. The molecule has 3 amide bonds. The number of hydrogen-bond donors (Lipinski definition) is 0. The number of hydrogen-bond acceptors (Lipinski definition) is 4. The molecule has 1 fully saturated rings. The van der Waals surface area contributed by atoms with Crippen LogP contribution in [0.25, 0.3) is 0 Å². The molecule has 4 rings (SSSR count). The lowest BCUT2D eigenvalue weighted by Crippen LogP contribution is -2.52. The van der Waals surface area contributed by atoms with Gasteiger partial charge in [0.25, 0.3) is 17.7 Å². The molecule has 0 radical (unpaired) electrons. The summed E-state index contributed by atoms with van der Waals surface area (Å²) in [6.45, 7) is 1.45. The number of ketones is 1. The molecule has 0 N–H and O–H groups in total. The van der Waals surface area contributed by atoms with Gasteiger partial charge in [-0.1, -0.05) is 65.7 Å². The summed E-state index contributed by atoms with van der Waals surface area (Å²) in [5.74, 6) is -3.01. The summed E-state index contributed by atoms with van der Waals surface area (Å²) in [5.41, 5.74) is 1.50. The normalized spacial score (nSPS) is 20.0. The van der Waals surface area contributed by atoms with Crippen LogP contribution in [0.3, 0.4) is 0 Å². The van der Waals surface area contributed by atoms with Gasteiger partial charge in [0.1, 0.15) is 6.54 Å². The van der Waals surface area contributed by atoms with Crippen molar-refractivity contribution in [3.8, 4) is 0 Å². The molecule has 0 unspecified atom stereocenters. The van der Waals surface area contributed by atoms with E-state index in [1.165, 1.54) is 6.07 Å². The Morgan fingerprint density at radius 2 is 1.55 bits per heavy atom. The van der Waals surface area contributed by atoms with Crippen molar-refractivity contribution < 1.29 is 19.2 Å². The van der Waals surface area contributed by atoms with E-state index in [1.807, 2.05) is 19.1 Å². The highest BCUT2D eigenvalue weighted by Gasteiger charge is 2.51. The van der Waals surface area contributed by atoms with Gasteiger partial charge in [-0.15, -0.1) is 0 Å². The second kappa shape index (κ2) is 8.47. The minimum atomic E-state index is -0.667. The number of carbonyl (C=O) groups excluding carboxylic acids is 4. The third-order valence-corrected chi connectivity index (χ3v) is 6.06. The highest BCUT2D eigenvalue weighted by atomic mass is 35.5. The Bertz CT molecular complexity index is 1070. The van der Waals surface area contributed by atoms with Crippen LogP contribution in [0, 0.1) is 18.8 Å². The molecule has 2 atom stereocenters. The maximum absolute atomic E-state index is 13.4. The lowest BCUT2D eigenvalue weighted by molar-refractivity contribution is -0.154. The van der Waals surface area contributed by atoms with Gasteiger partial charge in [-0.2, -0.15) is 5.01 Å². The number of amides is 3. The molecule has 0 aromatic heterocycles. The number of imide groups is 1. The zero-order valence-electron chi connectivity index (χ0n) is 17.0. The summed E-state index contributed by atoms with van der Waals surface area (Å²) in [7, 11) is 0. The number of nitrogens with zero attached hydrogens (tertiary/aromatic N) is 2. The molecular formula is C24H21ClN2O4. The van der Waals surface area contributed by atoms with Crippen LogP contribution in [0.5, 0.6) is 0 Å². The van der Waals surface area contributed by atoms with Crippen LogP contribution >= 0.6 is 11.6 Å². The summed E-state index contributed by atoms with van der Waals surface area (Å²) < 4.78 is 0. The van der Waals surface area contributed by atoms with Crippen LogP contribution < -0.4 is 0 Å². The molecule has 6 nitrogen and oxygen atoms in total. The smallest absolute Gasteiger partial charge is 0.274 e. The van der Waals surface area contributed by atoms with Gasteiger partial charge in [-0.3, -0.25) is 19.2 Å². The summed E-state index contributed by atoms with van der Waals surface area (Å²) in [6.07, 6.45) is 4.61. The van der Waals surface area contributed by atoms with E-state index in [4.69, 9.17) is 11.6 Å². The lowest BCUT2D eigenvalue weighted by atomic mass is 9.85. The van der Waals surface area contributed by atoms with Crippen LogP contribution in [-0.2, 0) is 9.59 Å². The molecule has 2 aliphatic rings. The van der Waals surface area contributed by atoms with Crippen LogP contribution in [0.15, 0.2) is 60.7 Å². The SMILES string of the molecule is Cc1ccc(C(=O)CN(C(=O)c2ccccc2Cl)N2C(=O)[C@@H]3CC=CC[C@H]3C2=O)cc1. The number of hydrazine groups is 1. The summed E-state index contributed by atoms with van der Waals surface area (Å²) >= 11 is 6.20. The van der Waals surface area contributed by atoms with E-state index in [9.17, 15) is 19.2 Å². The number of allylic oxidation sites excluding steroid dienone is 2. The number of rotatable bonds is 5. The van der Waals surface area contributed by atoms with E-state index in [0.717, 1.165) is 15.6 Å². The van der Waals surface area contributed by atoms with E-state index in [2.05, 4.69) is 0 Å². The van der Waals surface area contributed by atoms with E-state index < -0.39 is 36.1 Å². The van der Waals surface area contributed by atoms with Crippen molar-refractivity contribution in [1.82, 2.24) is 10.0 Å². The Labute approximate surface area is 185 Å². The number of halogens is 1. The first-order chi connectivity index (χ1) is 14.9. The third kappa shape index (κ3) is 3.91. The Kier molecular flexibility index (Phi) is 5.74. The number of carbonyl (C=O) groups is 4. The van der Waals surface area contributed by atoms with Crippen LogP contribution in [0.1, 0.15) is 39.1 Å². The van der Waals surface area contributed by atoms with Gasteiger partial charge in [0.2, 0.25) is 0 Å². The zero-order valence-corrected chi connectivity index (χ0v) is 17.7. The molecule has 1 aliphatic carbocycles. The van der Waals surface area contributed by atoms with Gasteiger partial charge in [0.15, 0.2) is 5.78 Å². The average molecular weight is 437 g/mol. The maximum Gasteiger partial charge on any atom is 0.274 e. The van der Waals surface area contributed by atoms with Gasteiger partial charge < -0.3 is 0 Å². The Hall–Kier alpha value is -3.25. The number of benzene rings is 2.